The third-order valence-electron chi connectivity index (χ3n) is 2.26. The molecule has 2 aromatic rings. The molecule has 0 aromatic heterocycles. The highest BCUT2D eigenvalue weighted by atomic mass is 79.9. The molecule has 0 atom stereocenters. The van der Waals surface area contributed by atoms with Crippen molar-refractivity contribution in [2.24, 2.45) is 0 Å². The van der Waals surface area contributed by atoms with Crippen molar-refractivity contribution in [1.82, 2.24) is 0 Å². The van der Waals surface area contributed by atoms with E-state index in [-0.39, 0.29) is 5.82 Å². The van der Waals surface area contributed by atoms with E-state index in [1.807, 2.05) is 6.07 Å². The summed E-state index contributed by atoms with van der Waals surface area (Å²) in [7, 11) is 0. The second kappa shape index (κ2) is 5.07. The Morgan fingerprint density at radius 2 is 2.00 bits per heavy atom. The van der Waals surface area contributed by atoms with Crippen LogP contribution in [0.5, 0.6) is 11.5 Å². The summed E-state index contributed by atoms with van der Waals surface area (Å²) in [5.41, 5.74) is 6.60. The molecule has 90 valence electrons. The Labute approximate surface area is 112 Å². The molecule has 0 saturated carbocycles. The smallest absolute Gasteiger partial charge is 0.151 e. The lowest BCUT2D eigenvalue weighted by atomic mass is 10.2. The van der Waals surface area contributed by atoms with Crippen LogP contribution in [0.1, 0.15) is 5.56 Å². The van der Waals surface area contributed by atoms with Gasteiger partial charge in [-0.2, -0.15) is 5.26 Å². The van der Waals surface area contributed by atoms with Crippen molar-refractivity contribution in [3.63, 3.8) is 0 Å². The van der Waals surface area contributed by atoms with E-state index in [4.69, 9.17) is 15.7 Å². The van der Waals surface area contributed by atoms with E-state index in [0.717, 1.165) is 0 Å². The van der Waals surface area contributed by atoms with E-state index >= 15 is 0 Å². The summed E-state index contributed by atoms with van der Waals surface area (Å²) in [5, 5.41) is 8.80. The van der Waals surface area contributed by atoms with E-state index in [1.54, 1.807) is 12.1 Å². The number of nitrogens with zero attached hydrogens (tertiary/aromatic N) is 1. The molecule has 0 radical (unpaired) electrons. The molecule has 18 heavy (non-hydrogen) atoms. The summed E-state index contributed by atoms with van der Waals surface area (Å²) in [6, 6.07) is 11.0. The zero-order chi connectivity index (χ0) is 13.1. The average molecular weight is 307 g/mol. The highest BCUT2D eigenvalue weighted by Gasteiger charge is 2.06. The van der Waals surface area contributed by atoms with Crippen molar-refractivity contribution >= 4 is 21.6 Å². The highest BCUT2D eigenvalue weighted by Crippen LogP contribution is 2.30. The first-order valence-electron chi connectivity index (χ1n) is 5.02. The molecule has 2 N–H and O–H groups in total. The van der Waals surface area contributed by atoms with Gasteiger partial charge < -0.3 is 10.5 Å². The lowest BCUT2D eigenvalue weighted by Crippen LogP contribution is -1.93. The summed E-state index contributed by atoms with van der Waals surface area (Å²) in [6.45, 7) is 0. The molecule has 0 aliphatic rings. The summed E-state index contributed by atoms with van der Waals surface area (Å²) in [5.74, 6) is 0.429. The first kappa shape index (κ1) is 12.4. The molecule has 0 bridgehead atoms. The number of rotatable bonds is 2. The number of ether oxygens (including phenoxy) is 1. The zero-order valence-corrected chi connectivity index (χ0v) is 10.7. The summed E-state index contributed by atoms with van der Waals surface area (Å²) in [6.07, 6.45) is 0. The van der Waals surface area contributed by atoms with E-state index in [0.29, 0.717) is 27.2 Å². The number of anilines is 1. The Bertz CT molecular complexity index is 637. The van der Waals surface area contributed by atoms with Crippen molar-refractivity contribution < 1.29 is 9.13 Å². The van der Waals surface area contributed by atoms with Gasteiger partial charge in [-0.3, -0.25) is 0 Å². The maximum atomic E-state index is 13.1. The minimum Gasteiger partial charge on any atom is -0.455 e. The molecule has 2 rings (SSSR count). The number of halogens is 2. The lowest BCUT2D eigenvalue weighted by molar-refractivity contribution is 0.482. The van der Waals surface area contributed by atoms with Crippen LogP contribution in [0.2, 0.25) is 0 Å². The van der Waals surface area contributed by atoms with Crippen LogP contribution >= 0.6 is 15.9 Å². The predicted molar refractivity (Wildman–Crippen MR) is 69.7 cm³/mol. The van der Waals surface area contributed by atoms with E-state index < -0.39 is 0 Å². The van der Waals surface area contributed by atoms with Crippen molar-refractivity contribution in [1.29, 1.82) is 5.26 Å². The molecular weight excluding hydrogens is 299 g/mol. The van der Waals surface area contributed by atoms with Crippen LogP contribution in [0, 0.1) is 17.1 Å². The molecule has 0 unspecified atom stereocenters. The van der Waals surface area contributed by atoms with Crippen LogP contribution < -0.4 is 10.5 Å². The van der Waals surface area contributed by atoms with Crippen LogP contribution in [0.4, 0.5) is 10.1 Å². The number of nitriles is 1. The van der Waals surface area contributed by atoms with Crippen molar-refractivity contribution in [3.8, 4) is 17.6 Å². The average Bonchev–Trinajstić information content (AvgIpc) is 2.36. The molecule has 3 nitrogen and oxygen atoms in total. The maximum absolute atomic E-state index is 13.1. The maximum Gasteiger partial charge on any atom is 0.151 e. The number of benzene rings is 2. The third kappa shape index (κ3) is 2.60. The fourth-order valence-electron chi connectivity index (χ4n) is 1.36. The molecule has 0 aliphatic heterocycles. The molecule has 0 aliphatic carbocycles. The Balaban J connectivity index is 2.33. The van der Waals surface area contributed by atoms with E-state index in [2.05, 4.69) is 15.9 Å². The van der Waals surface area contributed by atoms with Crippen LogP contribution in [-0.2, 0) is 0 Å². The standard InChI is InChI=1S/C13H8BrFN2O/c14-10-6-9(2-3-11(10)15)18-13-5-8(7-16)1-4-12(13)17/h1-6H,17H2. The van der Waals surface area contributed by atoms with Gasteiger partial charge in [0.15, 0.2) is 5.75 Å². The zero-order valence-electron chi connectivity index (χ0n) is 9.15. The van der Waals surface area contributed by atoms with Gasteiger partial charge >= 0.3 is 0 Å². The second-order valence-corrected chi connectivity index (χ2v) is 4.40. The molecule has 0 saturated heterocycles. The van der Waals surface area contributed by atoms with Crippen LogP contribution in [0.15, 0.2) is 40.9 Å². The monoisotopic (exact) mass is 306 g/mol. The first-order valence-corrected chi connectivity index (χ1v) is 5.82. The number of hydrogen-bond donors (Lipinski definition) is 1. The van der Waals surface area contributed by atoms with Gasteiger partial charge in [0.05, 0.1) is 21.8 Å². The van der Waals surface area contributed by atoms with Crippen molar-refractivity contribution in [2.45, 2.75) is 0 Å². The summed E-state index contributed by atoms with van der Waals surface area (Å²) < 4.78 is 18.9. The molecular formula is C13H8BrFN2O. The second-order valence-electron chi connectivity index (χ2n) is 3.54. The Morgan fingerprint density at radius 3 is 2.67 bits per heavy atom. The molecule has 5 heteroatoms. The van der Waals surface area contributed by atoms with Crippen molar-refractivity contribution in [2.75, 3.05) is 5.73 Å². The van der Waals surface area contributed by atoms with Gasteiger partial charge in [-0.05, 0) is 46.3 Å². The van der Waals surface area contributed by atoms with Gasteiger partial charge in [0.1, 0.15) is 11.6 Å². The Hall–Kier alpha value is -2.06. The van der Waals surface area contributed by atoms with Gasteiger partial charge in [-0.1, -0.05) is 0 Å². The molecule has 0 fully saturated rings. The highest BCUT2D eigenvalue weighted by molar-refractivity contribution is 9.10. The first-order chi connectivity index (χ1) is 8.60. The topological polar surface area (TPSA) is 59.0 Å². The molecule has 0 spiro atoms. The Morgan fingerprint density at radius 1 is 1.22 bits per heavy atom. The van der Waals surface area contributed by atoms with Gasteiger partial charge in [0.25, 0.3) is 0 Å². The molecule has 0 amide bonds. The fourth-order valence-corrected chi connectivity index (χ4v) is 1.72. The predicted octanol–water partition coefficient (Wildman–Crippen LogP) is 3.83. The van der Waals surface area contributed by atoms with Gasteiger partial charge in [-0.15, -0.1) is 0 Å². The van der Waals surface area contributed by atoms with Crippen LogP contribution in [-0.4, -0.2) is 0 Å². The summed E-state index contributed by atoms with van der Waals surface area (Å²) >= 11 is 3.07. The Kier molecular flexibility index (Phi) is 3.49. The van der Waals surface area contributed by atoms with Gasteiger partial charge in [-0.25, -0.2) is 4.39 Å². The van der Waals surface area contributed by atoms with Gasteiger partial charge in [0.2, 0.25) is 0 Å². The van der Waals surface area contributed by atoms with E-state index in [9.17, 15) is 4.39 Å². The minimum atomic E-state index is -0.374. The molecule has 0 heterocycles. The molecule has 2 aromatic carbocycles. The van der Waals surface area contributed by atoms with Crippen LogP contribution in [0.3, 0.4) is 0 Å². The lowest BCUT2D eigenvalue weighted by Gasteiger charge is -2.09. The normalized spacial score (nSPS) is 9.83. The SMILES string of the molecule is N#Cc1ccc(N)c(Oc2ccc(F)c(Br)c2)c1. The van der Waals surface area contributed by atoms with Crippen molar-refractivity contribution in [3.05, 3.63) is 52.3 Å². The summed E-state index contributed by atoms with van der Waals surface area (Å²) in [4.78, 5) is 0. The van der Waals surface area contributed by atoms with Gasteiger partial charge in [0, 0.05) is 6.07 Å². The van der Waals surface area contributed by atoms with E-state index in [1.165, 1.54) is 24.3 Å². The largest absolute Gasteiger partial charge is 0.455 e. The third-order valence-corrected chi connectivity index (χ3v) is 2.87. The minimum absolute atomic E-state index is 0.301. The van der Waals surface area contributed by atoms with Crippen LogP contribution in [0.25, 0.3) is 0 Å². The number of hydrogen-bond acceptors (Lipinski definition) is 3. The fraction of sp³-hybridized carbons (Fsp3) is 0. The quantitative estimate of drug-likeness (QED) is 0.858. The number of nitrogen functional groups attached to an aromatic ring is 1. The number of nitrogens with two attached hydrogens (primary N) is 1.